The second-order valence-corrected chi connectivity index (χ2v) is 6.18. The van der Waals surface area contributed by atoms with Gasteiger partial charge in [0.05, 0.1) is 5.69 Å². The van der Waals surface area contributed by atoms with Crippen LogP contribution in [0.25, 0.3) is 5.65 Å². The molecule has 0 radical (unpaired) electrons. The fourth-order valence-electron chi connectivity index (χ4n) is 3.30. The van der Waals surface area contributed by atoms with Crippen molar-refractivity contribution in [3.8, 4) is 0 Å². The van der Waals surface area contributed by atoms with E-state index in [1.807, 2.05) is 26.0 Å². The Kier molecular flexibility index (Phi) is 4.36. The van der Waals surface area contributed by atoms with Crippen LogP contribution in [-0.4, -0.2) is 49.8 Å². The Bertz CT molecular complexity index is 706. The Morgan fingerprint density at radius 2 is 2.09 bits per heavy atom. The van der Waals surface area contributed by atoms with E-state index in [9.17, 15) is 9.90 Å². The zero-order valence-electron chi connectivity index (χ0n) is 13.6. The van der Waals surface area contributed by atoms with Gasteiger partial charge >= 0.3 is 6.09 Å². The second-order valence-electron chi connectivity index (χ2n) is 6.18. The molecule has 0 saturated heterocycles. The van der Waals surface area contributed by atoms with Crippen molar-refractivity contribution in [3.63, 3.8) is 0 Å². The molecule has 0 spiro atoms. The zero-order valence-corrected chi connectivity index (χ0v) is 13.6. The van der Waals surface area contributed by atoms with Crippen molar-refractivity contribution in [2.45, 2.75) is 45.6 Å². The predicted octanol–water partition coefficient (Wildman–Crippen LogP) is 2.68. The summed E-state index contributed by atoms with van der Waals surface area (Å²) in [6.07, 6.45) is 3.37. The average molecular weight is 317 g/mol. The molecule has 1 aliphatic carbocycles. The summed E-state index contributed by atoms with van der Waals surface area (Å²) in [5.74, 6) is 0.845. The summed E-state index contributed by atoms with van der Waals surface area (Å²) < 4.78 is 1.77. The maximum Gasteiger partial charge on any atom is 0.407 e. The van der Waals surface area contributed by atoms with Crippen molar-refractivity contribution in [3.05, 3.63) is 23.5 Å². The van der Waals surface area contributed by atoms with Crippen LogP contribution >= 0.6 is 0 Å². The fraction of sp³-hybridized carbons (Fsp3) is 0.562. The maximum atomic E-state index is 11.5. The molecule has 1 saturated carbocycles. The minimum atomic E-state index is -0.829. The third-order valence-corrected chi connectivity index (χ3v) is 4.35. The molecule has 7 nitrogen and oxygen atoms in total. The Balaban J connectivity index is 1.69. The lowest BCUT2D eigenvalue weighted by Crippen LogP contribution is -2.40. The van der Waals surface area contributed by atoms with Crippen molar-refractivity contribution < 1.29 is 9.90 Å². The van der Waals surface area contributed by atoms with E-state index < -0.39 is 6.09 Å². The number of carbonyl (C=O) groups is 1. The third kappa shape index (κ3) is 3.38. The highest BCUT2D eigenvalue weighted by Gasteiger charge is 2.25. The molecule has 0 atom stereocenters. The van der Waals surface area contributed by atoms with Gasteiger partial charge in [0, 0.05) is 37.0 Å². The summed E-state index contributed by atoms with van der Waals surface area (Å²) in [5.41, 5.74) is 2.62. The topological polar surface area (TPSA) is 82.8 Å². The lowest BCUT2D eigenvalue weighted by molar-refractivity contribution is 0.127. The Labute approximate surface area is 135 Å². The molecule has 2 N–H and O–H groups in total. The van der Waals surface area contributed by atoms with Crippen LogP contribution in [0.15, 0.2) is 12.1 Å². The average Bonchev–Trinajstić information content (AvgIpc) is 3.11. The van der Waals surface area contributed by atoms with E-state index in [4.69, 9.17) is 0 Å². The van der Waals surface area contributed by atoms with Crippen LogP contribution in [0.3, 0.4) is 0 Å². The lowest BCUT2D eigenvalue weighted by Gasteiger charge is -2.26. The van der Waals surface area contributed by atoms with Gasteiger partial charge < -0.3 is 15.3 Å². The van der Waals surface area contributed by atoms with E-state index >= 15 is 0 Å². The highest BCUT2D eigenvalue weighted by atomic mass is 16.4. The summed E-state index contributed by atoms with van der Waals surface area (Å²) in [5, 5.41) is 17.2. The molecule has 0 bridgehead atoms. The highest BCUT2D eigenvalue weighted by Crippen LogP contribution is 2.23. The molecular weight excluding hydrogens is 294 g/mol. The smallest absolute Gasteiger partial charge is 0.407 e. The van der Waals surface area contributed by atoms with Crippen LogP contribution in [0.4, 0.5) is 10.6 Å². The molecule has 1 fully saturated rings. The Hall–Kier alpha value is -2.31. The molecule has 3 rings (SSSR count). The first-order valence-electron chi connectivity index (χ1n) is 8.12. The number of rotatable bonds is 5. The first-order valence-corrected chi connectivity index (χ1v) is 8.12. The van der Waals surface area contributed by atoms with Crippen LogP contribution in [0, 0.1) is 13.8 Å². The van der Waals surface area contributed by atoms with Crippen LogP contribution < -0.4 is 5.32 Å². The van der Waals surface area contributed by atoms with Gasteiger partial charge in [-0.1, -0.05) is 12.8 Å². The fourth-order valence-corrected chi connectivity index (χ4v) is 3.30. The molecule has 1 aliphatic rings. The molecule has 2 aromatic rings. The standard InChI is InChI=1S/C16H23N5O2/c1-11-9-14(21-15(18-11)10-12(2)19-21)17-7-8-20(16(22)23)13-5-3-4-6-13/h9-10,13,17H,3-8H2,1-2H3,(H,22,23). The quantitative estimate of drug-likeness (QED) is 0.886. The lowest BCUT2D eigenvalue weighted by atomic mass is 10.2. The van der Waals surface area contributed by atoms with Gasteiger partial charge in [0.2, 0.25) is 0 Å². The number of nitrogens with one attached hydrogen (secondary N) is 1. The molecule has 124 valence electrons. The summed E-state index contributed by atoms with van der Waals surface area (Å²) in [4.78, 5) is 17.5. The number of hydrogen-bond acceptors (Lipinski definition) is 4. The minimum absolute atomic E-state index is 0.167. The Morgan fingerprint density at radius 1 is 1.35 bits per heavy atom. The molecule has 1 amide bonds. The van der Waals surface area contributed by atoms with Gasteiger partial charge in [-0.25, -0.2) is 9.78 Å². The normalized spacial score (nSPS) is 15.2. The molecule has 2 aromatic heterocycles. The first-order chi connectivity index (χ1) is 11.0. The molecule has 2 heterocycles. The van der Waals surface area contributed by atoms with Crippen LogP contribution in [0.1, 0.15) is 37.1 Å². The van der Waals surface area contributed by atoms with E-state index in [2.05, 4.69) is 15.4 Å². The zero-order chi connectivity index (χ0) is 16.4. The number of anilines is 1. The summed E-state index contributed by atoms with van der Waals surface area (Å²) >= 11 is 0. The third-order valence-electron chi connectivity index (χ3n) is 4.35. The number of aromatic nitrogens is 3. The van der Waals surface area contributed by atoms with Crippen molar-refractivity contribution in [2.24, 2.45) is 0 Å². The number of fused-ring (bicyclic) bond motifs is 1. The van der Waals surface area contributed by atoms with Gasteiger partial charge in [-0.3, -0.25) is 0 Å². The monoisotopic (exact) mass is 317 g/mol. The van der Waals surface area contributed by atoms with Crippen LogP contribution in [-0.2, 0) is 0 Å². The van der Waals surface area contributed by atoms with E-state index in [0.717, 1.165) is 48.5 Å². The van der Waals surface area contributed by atoms with Gasteiger partial charge in [0.15, 0.2) is 5.65 Å². The number of amides is 1. The molecular formula is C16H23N5O2. The minimum Gasteiger partial charge on any atom is -0.465 e. The van der Waals surface area contributed by atoms with Crippen LogP contribution in [0.5, 0.6) is 0 Å². The highest BCUT2D eigenvalue weighted by molar-refractivity contribution is 5.65. The predicted molar refractivity (Wildman–Crippen MR) is 87.9 cm³/mol. The first kappa shape index (κ1) is 15.6. The van der Waals surface area contributed by atoms with Gasteiger partial charge in [-0.2, -0.15) is 9.61 Å². The van der Waals surface area contributed by atoms with Gasteiger partial charge in [0.25, 0.3) is 0 Å². The van der Waals surface area contributed by atoms with Crippen molar-refractivity contribution in [1.29, 1.82) is 0 Å². The number of hydrogen-bond donors (Lipinski definition) is 2. The van der Waals surface area contributed by atoms with E-state index in [0.29, 0.717) is 13.1 Å². The second kappa shape index (κ2) is 6.44. The summed E-state index contributed by atoms with van der Waals surface area (Å²) in [6, 6.07) is 4.03. The van der Waals surface area contributed by atoms with E-state index in [-0.39, 0.29) is 6.04 Å². The van der Waals surface area contributed by atoms with Gasteiger partial charge in [-0.05, 0) is 26.7 Å². The summed E-state index contributed by atoms with van der Waals surface area (Å²) in [7, 11) is 0. The molecule has 7 heteroatoms. The van der Waals surface area contributed by atoms with Gasteiger partial charge in [0.1, 0.15) is 5.82 Å². The van der Waals surface area contributed by atoms with E-state index in [1.165, 1.54) is 0 Å². The maximum absolute atomic E-state index is 11.5. The molecule has 23 heavy (non-hydrogen) atoms. The van der Waals surface area contributed by atoms with Gasteiger partial charge in [-0.15, -0.1) is 0 Å². The number of carboxylic acid groups (broad SMARTS) is 1. The molecule has 0 unspecified atom stereocenters. The Morgan fingerprint density at radius 3 is 2.78 bits per heavy atom. The van der Waals surface area contributed by atoms with Crippen LogP contribution in [0.2, 0.25) is 0 Å². The number of aryl methyl sites for hydroxylation is 2. The largest absolute Gasteiger partial charge is 0.465 e. The summed E-state index contributed by atoms with van der Waals surface area (Å²) in [6.45, 7) is 4.90. The van der Waals surface area contributed by atoms with Crippen molar-refractivity contribution in [1.82, 2.24) is 19.5 Å². The SMILES string of the molecule is Cc1cc(NCCN(C(=O)O)C2CCCC2)n2nc(C)cc2n1. The number of nitrogens with zero attached hydrogens (tertiary/aromatic N) is 4. The van der Waals surface area contributed by atoms with E-state index in [1.54, 1.807) is 9.42 Å². The molecule has 0 aromatic carbocycles. The molecule has 0 aliphatic heterocycles. The van der Waals surface area contributed by atoms with Crippen molar-refractivity contribution in [2.75, 3.05) is 18.4 Å². The van der Waals surface area contributed by atoms with Crippen molar-refractivity contribution >= 4 is 17.6 Å².